The minimum absolute atomic E-state index is 0.158. The van der Waals surface area contributed by atoms with Crippen molar-refractivity contribution in [2.24, 2.45) is 0 Å². The summed E-state index contributed by atoms with van der Waals surface area (Å²) in [6, 6.07) is 36.9. The maximum absolute atomic E-state index is 12.3. The average molecular weight is 348 g/mol. The van der Waals surface area contributed by atoms with Crippen molar-refractivity contribution in [3.63, 3.8) is 0 Å². The number of hydrogen-bond donors (Lipinski definition) is 1. The lowest BCUT2D eigenvalue weighted by molar-refractivity contribution is 0.0638. The molecule has 0 spiro atoms. The van der Waals surface area contributed by atoms with E-state index in [9.17, 15) is 5.11 Å². The summed E-state index contributed by atoms with van der Waals surface area (Å²) in [6.45, 7) is 0. The van der Waals surface area contributed by atoms with E-state index < -0.39 is 5.60 Å². The minimum Gasteiger partial charge on any atom is -0.379 e. The first-order valence-electron chi connectivity index (χ1n) is 9.32. The van der Waals surface area contributed by atoms with Crippen molar-refractivity contribution in [1.82, 2.24) is 0 Å². The molecule has 0 aromatic heterocycles. The van der Waals surface area contributed by atoms with E-state index in [2.05, 4.69) is 48.5 Å². The normalized spacial score (nSPS) is 13.2. The van der Waals surface area contributed by atoms with Gasteiger partial charge in [0.25, 0.3) is 0 Å². The first-order chi connectivity index (χ1) is 13.3. The summed E-state index contributed by atoms with van der Waals surface area (Å²) < 4.78 is 0. The summed E-state index contributed by atoms with van der Waals surface area (Å²) >= 11 is 0. The van der Waals surface area contributed by atoms with Crippen LogP contribution in [0.15, 0.2) is 109 Å². The average Bonchev–Trinajstić information content (AvgIpc) is 3.09. The van der Waals surface area contributed by atoms with E-state index in [0.29, 0.717) is 0 Å². The smallest absolute Gasteiger partial charge is 0.125 e. The molecule has 4 aromatic rings. The van der Waals surface area contributed by atoms with Crippen molar-refractivity contribution in [3.05, 3.63) is 131 Å². The first-order valence-corrected chi connectivity index (χ1v) is 9.32. The molecule has 1 heteroatoms. The van der Waals surface area contributed by atoms with Gasteiger partial charge in [0.1, 0.15) is 5.60 Å². The van der Waals surface area contributed by atoms with Gasteiger partial charge in [0.05, 0.1) is 0 Å². The molecule has 1 nitrogen and oxygen atoms in total. The van der Waals surface area contributed by atoms with E-state index in [1.54, 1.807) is 0 Å². The van der Waals surface area contributed by atoms with Crippen molar-refractivity contribution < 1.29 is 5.11 Å². The van der Waals surface area contributed by atoms with Gasteiger partial charge in [-0.3, -0.25) is 0 Å². The van der Waals surface area contributed by atoms with Crippen LogP contribution in [0.4, 0.5) is 0 Å². The van der Waals surface area contributed by atoms with Crippen molar-refractivity contribution in [3.8, 4) is 11.1 Å². The first kappa shape index (κ1) is 16.0. The van der Waals surface area contributed by atoms with Crippen LogP contribution in [0.1, 0.15) is 28.2 Å². The Hall–Kier alpha value is -3.16. The summed E-state index contributed by atoms with van der Waals surface area (Å²) in [5, 5.41) is 12.3. The van der Waals surface area contributed by atoms with Crippen molar-refractivity contribution in [2.75, 3.05) is 0 Å². The van der Waals surface area contributed by atoms with Gasteiger partial charge in [-0.15, -0.1) is 0 Å². The molecular formula is C26H20O. The summed E-state index contributed by atoms with van der Waals surface area (Å²) in [6.07, 6.45) is 0. The van der Waals surface area contributed by atoms with Crippen LogP contribution in [0.2, 0.25) is 0 Å². The molecule has 0 atom stereocenters. The molecule has 0 unspecified atom stereocenters. The molecule has 5 rings (SSSR count). The second-order valence-electron chi connectivity index (χ2n) is 7.11. The summed E-state index contributed by atoms with van der Waals surface area (Å²) in [5.41, 5.74) is 5.44. The molecule has 130 valence electrons. The van der Waals surface area contributed by atoms with Crippen LogP contribution in [-0.4, -0.2) is 5.11 Å². The zero-order valence-electron chi connectivity index (χ0n) is 14.9. The number of aliphatic hydroxyl groups is 1. The van der Waals surface area contributed by atoms with Crippen molar-refractivity contribution in [2.45, 2.75) is 11.5 Å². The van der Waals surface area contributed by atoms with Gasteiger partial charge in [-0.1, -0.05) is 109 Å². The molecule has 1 aliphatic carbocycles. The van der Waals surface area contributed by atoms with E-state index in [1.807, 2.05) is 60.7 Å². The van der Waals surface area contributed by atoms with Crippen LogP contribution in [0.3, 0.4) is 0 Å². The molecule has 1 N–H and O–H groups in total. The van der Waals surface area contributed by atoms with Gasteiger partial charge in [0.2, 0.25) is 0 Å². The number of fused-ring (bicyclic) bond motifs is 3. The molecule has 0 bridgehead atoms. The van der Waals surface area contributed by atoms with Gasteiger partial charge in [-0.25, -0.2) is 0 Å². The zero-order chi connectivity index (χ0) is 18.3. The molecule has 0 saturated carbocycles. The van der Waals surface area contributed by atoms with E-state index in [4.69, 9.17) is 0 Å². The Labute approximate surface area is 159 Å². The lowest BCUT2D eigenvalue weighted by atomic mass is 9.72. The van der Waals surface area contributed by atoms with Gasteiger partial charge in [-0.2, -0.15) is 0 Å². The topological polar surface area (TPSA) is 20.2 Å². The molecule has 1 aliphatic rings. The molecule has 0 radical (unpaired) electrons. The molecule has 0 aliphatic heterocycles. The molecular weight excluding hydrogens is 328 g/mol. The molecule has 27 heavy (non-hydrogen) atoms. The van der Waals surface area contributed by atoms with Crippen LogP contribution in [0.5, 0.6) is 0 Å². The van der Waals surface area contributed by atoms with Gasteiger partial charge >= 0.3 is 0 Å². The van der Waals surface area contributed by atoms with E-state index in [1.165, 1.54) is 22.3 Å². The second kappa shape index (κ2) is 6.22. The number of rotatable bonds is 3. The van der Waals surface area contributed by atoms with Gasteiger partial charge in [-0.05, 0) is 33.4 Å². The predicted molar refractivity (Wildman–Crippen MR) is 110 cm³/mol. The highest BCUT2D eigenvalue weighted by atomic mass is 16.3. The Bertz CT molecular complexity index is 998. The van der Waals surface area contributed by atoms with Crippen molar-refractivity contribution >= 4 is 0 Å². The Kier molecular flexibility index (Phi) is 3.70. The highest BCUT2D eigenvalue weighted by Gasteiger charge is 2.46. The summed E-state index contributed by atoms with van der Waals surface area (Å²) in [4.78, 5) is 0. The fourth-order valence-electron chi connectivity index (χ4n) is 4.49. The monoisotopic (exact) mass is 348 g/mol. The third-order valence-corrected chi connectivity index (χ3v) is 5.68. The second-order valence-corrected chi connectivity index (χ2v) is 7.11. The van der Waals surface area contributed by atoms with Gasteiger partial charge in [0.15, 0.2) is 0 Å². The Morgan fingerprint density at radius 3 is 1.30 bits per heavy atom. The van der Waals surface area contributed by atoms with Crippen molar-refractivity contribution in [1.29, 1.82) is 0 Å². The minimum atomic E-state index is -1.15. The largest absolute Gasteiger partial charge is 0.379 e. The lowest BCUT2D eigenvalue weighted by Gasteiger charge is -2.36. The summed E-state index contributed by atoms with van der Waals surface area (Å²) in [5.74, 6) is -0.158. The highest BCUT2D eigenvalue weighted by Crippen LogP contribution is 2.54. The third-order valence-electron chi connectivity index (χ3n) is 5.68. The standard InChI is InChI=1S/C26H20O/c27-26(19-11-3-1-4-12-19,20-13-5-2-6-14-20)25-23-17-9-7-15-21(23)22-16-8-10-18-24(22)25/h1-18,25,27H. The quantitative estimate of drug-likeness (QED) is 0.501. The van der Waals surface area contributed by atoms with Crippen LogP contribution < -0.4 is 0 Å². The van der Waals surface area contributed by atoms with Crippen LogP contribution in [-0.2, 0) is 5.60 Å². The van der Waals surface area contributed by atoms with E-state index in [-0.39, 0.29) is 5.92 Å². The van der Waals surface area contributed by atoms with Crippen LogP contribution >= 0.6 is 0 Å². The van der Waals surface area contributed by atoms with Gasteiger partial charge < -0.3 is 5.11 Å². The molecule has 0 amide bonds. The SMILES string of the molecule is OC(c1ccccc1)(c1ccccc1)C1c2ccccc2-c2ccccc21. The fraction of sp³-hybridized carbons (Fsp3) is 0.0769. The highest BCUT2D eigenvalue weighted by molar-refractivity contribution is 5.80. The van der Waals surface area contributed by atoms with E-state index >= 15 is 0 Å². The Balaban J connectivity index is 1.84. The van der Waals surface area contributed by atoms with E-state index in [0.717, 1.165) is 11.1 Å². The Morgan fingerprint density at radius 2 is 0.852 bits per heavy atom. The molecule has 0 saturated heterocycles. The van der Waals surface area contributed by atoms with Crippen LogP contribution in [0, 0.1) is 0 Å². The number of benzene rings is 4. The molecule has 0 heterocycles. The lowest BCUT2D eigenvalue weighted by Crippen LogP contribution is -2.34. The van der Waals surface area contributed by atoms with Crippen LogP contribution in [0.25, 0.3) is 11.1 Å². The third kappa shape index (κ3) is 2.36. The molecule has 4 aromatic carbocycles. The number of hydrogen-bond acceptors (Lipinski definition) is 1. The summed E-state index contributed by atoms with van der Waals surface area (Å²) in [7, 11) is 0. The fourth-order valence-corrected chi connectivity index (χ4v) is 4.49. The zero-order valence-corrected chi connectivity index (χ0v) is 14.9. The Morgan fingerprint density at radius 1 is 0.481 bits per heavy atom. The van der Waals surface area contributed by atoms with Gasteiger partial charge in [0, 0.05) is 5.92 Å². The maximum Gasteiger partial charge on any atom is 0.125 e. The predicted octanol–water partition coefficient (Wildman–Crippen LogP) is 5.74. The maximum atomic E-state index is 12.3. The molecule has 0 fully saturated rings.